The summed E-state index contributed by atoms with van der Waals surface area (Å²) in [7, 11) is 0. The normalized spacial score (nSPS) is 28.1. The molecule has 3 unspecified atom stereocenters. The Morgan fingerprint density at radius 1 is 1.20 bits per heavy atom. The van der Waals surface area contributed by atoms with E-state index in [9.17, 15) is 4.79 Å². The van der Waals surface area contributed by atoms with Crippen molar-refractivity contribution in [2.45, 2.75) is 45.1 Å². The molecule has 1 aliphatic heterocycles. The Balaban J connectivity index is 1.61. The van der Waals surface area contributed by atoms with Crippen molar-refractivity contribution in [2.75, 3.05) is 13.1 Å². The van der Waals surface area contributed by atoms with Crippen LogP contribution in [0.3, 0.4) is 0 Å². The van der Waals surface area contributed by atoms with Gasteiger partial charge in [-0.05, 0) is 31.7 Å². The Bertz CT molecular complexity index is 456. The predicted molar refractivity (Wildman–Crippen MR) is 81.9 cm³/mol. The maximum absolute atomic E-state index is 12.5. The fraction of sp³-hybridized carbons (Fsp3) is 0.611. The highest BCUT2D eigenvalue weighted by Crippen LogP contribution is 2.36. The molecule has 108 valence electrons. The Labute approximate surface area is 122 Å². The van der Waals surface area contributed by atoms with Crippen LogP contribution in [0.4, 0.5) is 0 Å². The fourth-order valence-corrected chi connectivity index (χ4v) is 4.05. The number of carbonyl (C=O) groups excluding carboxylic acids is 1. The number of likely N-dealkylation sites (tertiary alicyclic amines) is 1. The van der Waals surface area contributed by atoms with Crippen LogP contribution in [-0.4, -0.2) is 29.8 Å². The van der Waals surface area contributed by atoms with Gasteiger partial charge in [0.15, 0.2) is 5.78 Å². The summed E-state index contributed by atoms with van der Waals surface area (Å²) in [4.78, 5) is 15.1. The summed E-state index contributed by atoms with van der Waals surface area (Å²) < 4.78 is 0. The molecule has 2 heteroatoms. The second-order valence-corrected chi connectivity index (χ2v) is 6.53. The van der Waals surface area contributed by atoms with Crippen LogP contribution < -0.4 is 0 Å². The maximum Gasteiger partial charge on any atom is 0.166 e. The van der Waals surface area contributed by atoms with Crippen molar-refractivity contribution >= 4 is 5.78 Å². The van der Waals surface area contributed by atoms with Crippen molar-refractivity contribution in [2.24, 2.45) is 11.8 Å². The second-order valence-electron chi connectivity index (χ2n) is 6.53. The van der Waals surface area contributed by atoms with Gasteiger partial charge in [0.05, 0.1) is 0 Å². The van der Waals surface area contributed by atoms with Crippen LogP contribution in [0.2, 0.25) is 0 Å². The molecule has 1 heterocycles. The number of Topliss-reactive ketones (excluding diaryl/α,β-unsaturated/α-hetero) is 1. The second kappa shape index (κ2) is 6.09. The molecule has 0 radical (unpaired) electrons. The quantitative estimate of drug-likeness (QED) is 0.777. The van der Waals surface area contributed by atoms with Crippen LogP contribution in [-0.2, 0) is 0 Å². The number of hydrogen-bond acceptors (Lipinski definition) is 2. The molecule has 2 aliphatic rings. The van der Waals surface area contributed by atoms with Gasteiger partial charge in [-0.1, -0.05) is 50.1 Å². The molecule has 1 aliphatic carbocycles. The third kappa shape index (κ3) is 2.80. The summed E-state index contributed by atoms with van der Waals surface area (Å²) in [6.07, 6.45) is 6.88. The number of ketones is 1. The highest BCUT2D eigenvalue weighted by Gasteiger charge is 2.36. The summed E-state index contributed by atoms with van der Waals surface area (Å²) in [6.45, 7) is 4.22. The van der Waals surface area contributed by atoms with E-state index in [0.717, 1.165) is 24.1 Å². The van der Waals surface area contributed by atoms with Crippen molar-refractivity contribution in [1.29, 1.82) is 0 Å². The average Bonchev–Trinajstić information content (AvgIpc) is 2.91. The molecule has 1 aromatic rings. The van der Waals surface area contributed by atoms with E-state index < -0.39 is 0 Å². The standard InChI is InChI=1S/C18H25NO/c1-14(18(20)16-8-3-2-4-9-16)13-19-12-11-15-7-5-6-10-17(15)19/h2-4,8-9,14-15,17H,5-7,10-13H2,1H3. The lowest BCUT2D eigenvalue weighted by molar-refractivity contribution is 0.0869. The number of fused-ring (bicyclic) bond motifs is 1. The monoisotopic (exact) mass is 271 g/mol. The first-order valence-corrected chi connectivity index (χ1v) is 8.09. The maximum atomic E-state index is 12.5. The summed E-state index contributed by atoms with van der Waals surface area (Å²) in [6, 6.07) is 10.5. The summed E-state index contributed by atoms with van der Waals surface area (Å²) in [5.41, 5.74) is 0.861. The Morgan fingerprint density at radius 2 is 1.95 bits per heavy atom. The van der Waals surface area contributed by atoms with Crippen molar-refractivity contribution in [3.63, 3.8) is 0 Å². The van der Waals surface area contributed by atoms with Crippen LogP contribution in [0.15, 0.2) is 30.3 Å². The van der Waals surface area contributed by atoms with E-state index in [1.54, 1.807) is 0 Å². The van der Waals surface area contributed by atoms with Crippen molar-refractivity contribution in [1.82, 2.24) is 4.90 Å². The minimum absolute atomic E-state index is 0.109. The molecule has 0 aromatic heterocycles. The molecular weight excluding hydrogens is 246 g/mol. The number of nitrogens with zero attached hydrogens (tertiary/aromatic N) is 1. The van der Waals surface area contributed by atoms with Crippen molar-refractivity contribution in [3.8, 4) is 0 Å². The topological polar surface area (TPSA) is 20.3 Å². The zero-order valence-electron chi connectivity index (χ0n) is 12.4. The van der Waals surface area contributed by atoms with E-state index in [2.05, 4.69) is 11.8 Å². The first-order valence-electron chi connectivity index (χ1n) is 8.09. The van der Waals surface area contributed by atoms with E-state index in [4.69, 9.17) is 0 Å². The van der Waals surface area contributed by atoms with Crippen LogP contribution >= 0.6 is 0 Å². The Kier molecular flexibility index (Phi) is 4.21. The van der Waals surface area contributed by atoms with Crippen LogP contribution in [0.25, 0.3) is 0 Å². The van der Waals surface area contributed by atoms with Crippen LogP contribution in [0.1, 0.15) is 49.4 Å². The van der Waals surface area contributed by atoms with Gasteiger partial charge in [0, 0.05) is 24.1 Å². The average molecular weight is 271 g/mol. The molecule has 2 nitrogen and oxygen atoms in total. The Hall–Kier alpha value is -1.15. The lowest BCUT2D eigenvalue weighted by atomic mass is 9.85. The Morgan fingerprint density at radius 3 is 2.75 bits per heavy atom. The van der Waals surface area contributed by atoms with Gasteiger partial charge >= 0.3 is 0 Å². The zero-order valence-corrected chi connectivity index (χ0v) is 12.4. The fourth-order valence-electron chi connectivity index (χ4n) is 4.05. The van der Waals surface area contributed by atoms with Crippen LogP contribution in [0, 0.1) is 11.8 Å². The molecular formula is C18H25NO. The predicted octanol–water partition coefficient (Wildman–Crippen LogP) is 3.77. The molecule has 1 saturated heterocycles. The number of hydrogen-bond donors (Lipinski definition) is 0. The van der Waals surface area contributed by atoms with Gasteiger partial charge in [0.1, 0.15) is 0 Å². The van der Waals surface area contributed by atoms with E-state index in [1.165, 1.54) is 38.6 Å². The largest absolute Gasteiger partial charge is 0.299 e. The molecule has 0 spiro atoms. The van der Waals surface area contributed by atoms with Gasteiger partial charge in [-0.2, -0.15) is 0 Å². The number of carbonyl (C=O) groups is 1. The molecule has 0 N–H and O–H groups in total. The molecule has 20 heavy (non-hydrogen) atoms. The number of rotatable bonds is 4. The molecule has 3 atom stereocenters. The van der Waals surface area contributed by atoms with E-state index in [-0.39, 0.29) is 5.92 Å². The highest BCUT2D eigenvalue weighted by molar-refractivity contribution is 5.97. The van der Waals surface area contributed by atoms with E-state index >= 15 is 0 Å². The summed E-state index contributed by atoms with van der Waals surface area (Å²) in [5, 5.41) is 0. The summed E-state index contributed by atoms with van der Waals surface area (Å²) in [5.74, 6) is 1.31. The lowest BCUT2D eigenvalue weighted by Gasteiger charge is -2.33. The smallest absolute Gasteiger partial charge is 0.166 e. The third-order valence-electron chi connectivity index (χ3n) is 5.14. The lowest BCUT2D eigenvalue weighted by Crippen LogP contribution is -2.39. The molecule has 2 fully saturated rings. The van der Waals surface area contributed by atoms with Gasteiger partial charge in [0.25, 0.3) is 0 Å². The van der Waals surface area contributed by atoms with E-state index in [1.807, 2.05) is 30.3 Å². The van der Waals surface area contributed by atoms with E-state index in [0.29, 0.717) is 5.78 Å². The first-order chi connectivity index (χ1) is 9.75. The highest BCUT2D eigenvalue weighted by atomic mass is 16.1. The molecule has 1 aromatic carbocycles. The van der Waals surface area contributed by atoms with Gasteiger partial charge in [0.2, 0.25) is 0 Å². The minimum atomic E-state index is 0.109. The van der Waals surface area contributed by atoms with Crippen molar-refractivity contribution < 1.29 is 4.79 Å². The molecule has 0 amide bonds. The SMILES string of the molecule is CC(CN1CCC2CCCCC21)C(=O)c1ccccc1. The molecule has 3 rings (SSSR count). The van der Waals surface area contributed by atoms with Crippen molar-refractivity contribution in [3.05, 3.63) is 35.9 Å². The first kappa shape index (κ1) is 13.8. The van der Waals surface area contributed by atoms with Gasteiger partial charge in [-0.25, -0.2) is 0 Å². The summed E-state index contributed by atoms with van der Waals surface area (Å²) >= 11 is 0. The molecule has 0 bridgehead atoms. The van der Waals surface area contributed by atoms with Gasteiger partial charge in [-0.15, -0.1) is 0 Å². The third-order valence-corrected chi connectivity index (χ3v) is 5.14. The van der Waals surface area contributed by atoms with Gasteiger partial charge < -0.3 is 0 Å². The number of benzene rings is 1. The molecule has 1 saturated carbocycles. The zero-order chi connectivity index (χ0) is 13.9. The minimum Gasteiger partial charge on any atom is -0.299 e. The van der Waals surface area contributed by atoms with Crippen LogP contribution in [0.5, 0.6) is 0 Å². The van der Waals surface area contributed by atoms with Gasteiger partial charge in [-0.3, -0.25) is 9.69 Å².